The highest BCUT2D eigenvalue weighted by atomic mass is 32.2. The molecule has 0 saturated carbocycles. The van der Waals surface area contributed by atoms with Crippen molar-refractivity contribution >= 4 is 44.7 Å². The van der Waals surface area contributed by atoms with Crippen LogP contribution in [0.5, 0.6) is 0 Å². The number of rotatable bonds is 3. The van der Waals surface area contributed by atoms with Crippen LogP contribution in [0.15, 0.2) is 41.8 Å². The van der Waals surface area contributed by atoms with Crippen LogP contribution in [0.3, 0.4) is 0 Å². The second-order valence-electron chi connectivity index (χ2n) is 7.42. The third-order valence-electron chi connectivity index (χ3n) is 5.48. The maximum absolute atomic E-state index is 4.58. The molecule has 0 unspecified atom stereocenters. The molecule has 1 aliphatic carbocycles. The molecule has 0 aliphatic heterocycles. The lowest BCUT2D eigenvalue weighted by atomic mass is 9.89. The molecule has 0 fully saturated rings. The summed E-state index contributed by atoms with van der Waals surface area (Å²) in [5.41, 5.74) is 3.63. The van der Waals surface area contributed by atoms with Crippen LogP contribution in [0.1, 0.15) is 29.3 Å². The van der Waals surface area contributed by atoms with Crippen LogP contribution in [-0.4, -0.2) is 29.2 Å². The van der Waals surface area contributed by atoms with Gasteiger partial charge in [-0.3, -0.25) is 0 Å². The molecule has 0 N–H and O–H groups in total. The lowest BCUT2D eigenvalue weighted by Crippen LogP contribution is -2.09. The molecule has 5 aromatic rings. The summed E-state index contributed by atoms with van der Waals surface area (Å²) in [6.45, 7) is 2.34. The molecule has 28 heavy (non-hydrogen) atoms. The molecule has 1 aromatic carbocycles. The van der Waals surface area contributed by atoms with E-state index in [2.05, 4.69) is 55.9 Å². The van der Waals surface area contributed by atoms with Crippen molar-refractivity contribution in [3.8, 4) is 0 Å². The van der Waals surface area contributed by atoms with Crippen LogP contribution in [-0.2, 0) is 18.6 Å². The first-order valence-electron chi connectivity index (χ1n) is 9.47. The third kappa shape index (κ3) is 2.41. The SMILES string of the molecule is C[C@H]1CCc2sc3c(c2C1)c1ncnn1c1nnc(SCc2ccccc2)n31. The molecule has 0 radical (unpaired) electrons. The van der Waals surface area contributed by atoms with Gasteiger partial charge in [0.2, 0.25) is 0 Å². The van der Waals surface area contributed by atoms with Crippen molar-refractivity contribution < 1.29 is 0 Å². The van der Waals surface area contributed by atoms with Crippen molar-refractivity contribution in [3.63, 3.8) is 0 Å². The number of thioether (sulfide) groups is 1. The van der Waals surface area contributed by atoms with E-state index in [4.69, 9.17) is 0 Å². The third-order valence-corrected chi connectivity index (χ3v) is 7.76. The standard InChI is InChI=1S/C20H18N6S2/c1-12-7-8-15-14(9-12)16-17-21-11-22-26(17)19-23-24-20(25(19)18(16)28-15)27-10-13-5-3-2-4-6-13/h2-6,11-12H,7-10H2,1H3/t12-/m0/s1. The monoisotopic (exact) mass is 406 g/mol. The molecule has 0 amide bonds. The Labute approximate surface area is 169 Å². The van der Waals surface area contributed by atoms with Gasteiger partial charge in [-0.05, 0) is 36.3 Å². The number of aryl methyl sites for hydroxylation is 1. The van der Waals surface area contributed by atoms with Crippen LogP contribution in [0.25, 0.3) is 21.6 Å². The Balaban J connectivity index is 1.58. The minimum Gasteiger partial charge on any atom is -0.244 e. The predicted octanol–water partition coefficient (Wildman–Crippen LogP) is 4.40. The highest BCUT2D eigenvalue weighted by Gasteiger charge is 2.26. The van der Waals surface area contributed by atoms with E-state index in [1.165, 1.54) is 32.6 Å². The van der Waals surface area contributed by atoms with Gasteiger partial charge in [-0.2, -0.15) is 9.61 Å². The van der Waals surface area contributed by atoms with E-state index in [1.807, 2.05) is 21.9 Å². The topological polar surface area (TPSA) is 60.4 Å². The van der Waals surface area contributed by atoms with E-state index in [-0.39, 0.29) is 0 Å². The molecule has 140 valence electrons. The van der Waals surface area contributed by atoms with E-state index in [0.29, 0.717) is 5.92 Å². The zero-order valence-electron chi connectivity index (χ0n) is 15.4. The molecule has 0 saturated heterocycles. The average Bonchev–Trinajstić information content (AvgIpc) is 3.42. The Kier molecular flexibility index (Phi) is 3.70. The van der Waals surface area contributed by atoms with Crippen LogP contribution in [0.2, 0.25) is 0 Å². The van der Waals surface area contributed by atoms with Gasteiger partial charge in [0, 0.05) is 10.6 Å². The van der Waals surface area contributed by atoms with Crippen LogP contribution in [0, 0.1) is 5.92 Å². The number of hydrogen-bond donors (Lipinski definition) is 0. The number of hydrogen-bond acceptors (Lipinski definition) is 6. The highest BCUT2D eigenvalue weighted by molar-refractivity contribution is 7.98. The first kappa shape index (κ1) is 16.5. The fourth-order valence-corrected chi connectivity index (χ4v) is 6.37. The average molecular weight is 407 g/mol. The van der Waals surface area contributed by atoms with E-state index in [1.54, 1.807) is 18.1 Å². The van der Waals surface area contributed by atoms with Crippen molar-refractivity contribution in [1.82, 2.24) is 29.2 Å². The fourth-order valence-electron chi connectivity index (χ4n) is 4.08. The Bertz CT molecular complexity index is 1320. The van der Waals surface area contributed by atoms with Gasteiger partial charge in [-0.15, -0.1) is 21.5 Å². The lowest BCUT2D eigenvalue weighted by Gasteiger charge is -2.17. The van der Waals surface area contributed by atoms with Gasteiger partial charge in [-0.1, -0.05) is 49.0 Å². The van der Waals surface area contributed by atoms with Gasteiger partial charge >= 0.3 is 0 Å². The van der Waals surface area contributed by atoms with Crippen molar-refractivity contribution in [3.05, 3.63) is 52.7 Å². The van der Waals surface area contributed by atoms with E-state index in [9.17, 15) is 0 Å². The van der Waals surface area contributed by atoms with Crippen LogP contribution >= 0.6 is 23.1 Å². The van der Waals surface area contributed by atoms with Gasteiger partial charge in [-0.25, -0.2) is 9.38 Å². The second-order valence-corrected chi connectivity index (χ2v) is 9.45. The van der Waals surface area contributed by atoms with Crippen LogP contribution in [0.4, 0.5) is 0 Å². The molecule has 0 spiro atoms. The summed E-state index contributed by atoms with van der Waals surface area (Å²) in [7, 11) is 0. The molecule has 0 bridgehead atoms. The molecule has 1 atom stereocenters. The van der Waals surface area contributed by atoms with Crippen LogP contribution < -0.4 is 0 Å². The maximum Gasteiger partial charge on any atom is 0.260 e. The first-order valence-corrected chi connectivity index (χ1v) is 11.3. The number of aromatic nitrogens is 6. The summed E-state index contributed by atoms with van der Waals surface area (Å²) in [4.78, 5) is 7.26. The lowest BCUT2D eigenvalue weighted by molar-refractivity contribution is 0.508. The normalized spacial score (nSPS) is 17.0. The van der Waals surface area contributed by atoms with E-state index >= 15 is 0 Å². The fraction of sp³-hybridized carbons (Fsp3) is 0.300. The largest absolute Gasteiger partial charge is 0.260 e. The number of thiophene rings is 1. The number of benzene rings is 1. The minimum atomic E-state index is 0.705. The highest BCUT2D eigenvalue weighted by Crippen LogP contribution is 2.41. The van der Waals surface area contributed by atoms with Crippen molar-refractivity contribution in [2.24, 2.45) is 5.92 Å². The van der Waals surface area contributed by atoms with Gasteiger partial charge in [0.1, 0.15) is 11.2 Å². The molecule has 4 heterocycles. The zero-order chi connectivity index (χ0) is 18.7. The van der Waals surface area contributed by atoms with E-state index < -0.39 is 0 Å². The quantitative estimate of drug-likeness (QED) is 0.416. The first-order chi connectivity index (χ1) is 13.8. The molecule has 6 rings (SSSR count). The molecule has 4 aromatic heterocycles. The molecular weight excluding hydrogens is 388 g/mol. The zero-order valence-corrected chi connectivity index (χ0v) is 17.0. The predicted molar refractivity (Wildman–Crippen MR) is 112 cm³/mol. The summed E-state index contributed by atoms with van der Waals surface area (Å²) < 4.78 is 4.02. The number of fused-ring (bicyclic) bond motifs is 8. The smallest absolute Gasteiger partial charge is 0.244 e. The van der Waals surface area contributed by atoms with Gasteiger partial charge in [0.15, 0.2) is 10.8 Å². The molecule has 8 heteroatoms. The summed E-state index contributed by atoms with van der Waals surface area (Å²) in [5, 5.41) is 15.6. The molecule has 1 aliphatic rings. The van der Waals surface area contributed by atoms with Gasteiger partial charge in [0.05, 0.1) is 5.39 Å². The Morgan fingerprint density at radius 3 is 3.00 bits per heavy atom. The maximum atomic E-state index is 4.58. The summed E-state index contributed by atoms with van der Waals surface area (Å²) >= 11 is 3.60. The van der Waals surface area contributed by atoms with E-state index in [0.717, 1.165) is 35.2 Å². The summed E-state index contributed by atoms with van der Waals surface area (Å²) in [6, 6.07) is 10.5. The van der Waals surface area contributed by atoms with Gasteiger partial charge in [0.25, 0.3) is 5.78 Å². The van der Waals surface area contributed by atoms with Crippen molar-refractivity contribution in [1.29, 1.82) is 0 Å². The molecule has 6 nitrogen and oxygen atoms in total. The Hall–Kier alpha value is -2.45. The van der Waals surface area contributed by atoms with Crippen molar-refractivity contribution in [2.75, 3.05) is 0 Å². The Morgan fingerprint density at radius 1 is 1.21 bits per heavy atom. The summed E-state index contributed by atoms with van der Waals surface area (Å²) in [5.74, 6) is 2.31. The number of nitrogens with zero attached hydrogens (tertiary/aromatic N) is 6. The minimum absolute atomic E-state index is 0.705. The molecular formula is C20H18N6S2. The van der Waals surface area contributed by atoms with Gasteiger partial charge < -0.3 is 0 Å². The summed E-state index contributed by atoms with van der Waals surface area (Å²) in [6.07, 6.45) is 5.13. The van der Waals surface area contributed by atoms with Crippen molar-refractivity contribution in [2.45, 2.75) is 37.1 Å². The Morgan fingerprint density at radius 2 is 2.11 bits per heavy atom. The second kappa shape index (κ2) is 6.28.